The maximum atomic E-state index is 13.1. The lowest BCUT2D eigenvalue weighted by Gasteiger charge is -2.49. The van der Waals surface area contributed by atoms with Crippen molar-refractivity contribution in [2.24, 2.45) is 17.4 Å². The molecule has 8 N–H and O–H groups in total. The van der Waals surface area contributed by atoms with Gasteiger partial charge in [0.05, 0.1) is 46.7 Å². The molecule has 1 saturated heterocycles. The molecule has 4 aliphatic rings. The monoisotopic (exact) mass is 676 g/mol. The van der Waals surface area contributed by atoms with Crippen LogP contribution in [0.3, 0.4) is 0 Å². The lowest BCUT2D eigenvalue weighted by atomic mass is 9.82. The van der Waals surface area contributed by atoms with Gasteiger partial charge in [-0.25, -0.2) is 4.98 Å². The van der Waals surface area contributed by atoms with Crippen molar-refractivity contribution in [2.45, 2.75) is 62.8 Å². The van der Waals surface area contributed by atoms with Gasteiger partial charge in [0.15, 0.2) is 6.29 Å². The number of amides is 2. The van der Waals surface area contributed by atoms with E-state index in [1.54, 1.807) is 23.1 Å². The number of carbonyl (C=O) groups excluding carboxylic acids is 3. The molecule has 2 aliphatic heterocycles. The van der Waals surface area contributed by atoms with E-state index in [-0.39, 0.29) is 58.6 Å². The van der Waals surface area contributed by atoms with Crippen LogP contribution in [-0.4, -0.2) is 76.9 Å². The number of carbonyl (C=O) groups is 3. The molecule has 0 spiro atoms. The van der Waals surface area contributed by atoms with Crippen LogP contribution < -0.4 is 32.3 Å². The van der Waals surface area contributed by atoms with E-state index in [1.165, 1.54) is 6.08 Å². The Balaban J connectivity index is 1.18. The summed E-state index contributed by atoms with van der Waals surface area (Å²) in [6.07, 6.45) is 8.20. The van der Waals surface area contributed by atoms with Crippen molar-refractivity contribution < 1.29 is 19.5 Å². The van der Waals surface area contributed by atoms with Gasteiger partial charge < -0.3 is 37.4 Å². The molecule has 1 aromatic carbocycles. The Kier molecular flexibility index (Phi) is 8.64. The molecule has 2 atom stereocenters. The summed E-state index contributed by atoms with van der Waals surface area (Å²) in [6.45, 7) is 2.95. The van der Waals surface area contributed by atoms with Gasteiger partial charge in [-0.05, 0) is 50.3 Å². The maximum Gasteiger partial charge on any atom is 0.269 e. The van der Waals surface area contributed by atoms with Gasteiger partial charge in [-0.15, -0.1) is 0 Å². The van der Waals surface area contributed by atoms with Gasteiger partial charge in [-0.2, -0.15) is 5.10 Å². The molecule has 0 bridgehead atoms. The Bertz CT molecular complexity index is 1910. The fraction of sp³-hybridized carbons (Fsp3) is 0.400. The summed E-state index contributed by atoms with van der Waals surface area (Å²) >= 11 is 0. The third-order valence-corrected chi connectivity index (χ3v) is 9.87. The second-order valence-electron chi connectivity index (χ2n) is 13.5. The van der Waals surface area contributed by atoms with E-state index in [1.807, 2.05) is 36.1 Å². The van der Waals surface area contributed by atoms with E-state index in [0.29, 0.717) is 25.1 Å². The van der Waals surface area contributed by atoms with Crippen molar-refractivity contribution >= 4 is 37.3 Å². The molecule has 258 valence electrons. The topological polar surface area (TPSA) is 197 Å². The van der Waals surface area contributed by atoms with E-state index in [0.717, 1.165) is 54.6 Å². The predicted molar refractivity (Wildman–Crippen MR) is 188 cm³/mol. The zero-order valence-electron chi connectivity index (χ0n) is 28.1. The molecule has 2 radical (unpaired) electrons. The largest absolute Gasteiger partial charge is 0.393 e. The highest BCUT2D eigenvalue weighted by atomic mass is 16.3. The van der Waals surface area contributed by atoms with Crippen LogP contribution in [0.15, 0.2) is 65.9 Å². The number of para-hydroxylation sites is 1. The van der Waals surface area contributed by atoms with Gasteiger partial charge >= 0.3 is 0 Å². The second kappa shape index (κ2) is 13.0. The number of nitrogens with zero attached hydrogens (tertiary/aromatic N) is 5. The van der Waals surface area contributed by atoms with E-state index in [9.17, 15) is 19.5 Å². The highest BCUT2D eigenvalue weighted by molar-refractivity contribution is 6.14. The molecule has 14 nitrogen and oxygen atoms in total. The van der Waals surface area contributed by atoms with Gasteiger partial charge in [0.2, 0.25) is 5.91 Å². The molecule has 7 rings (SSSR count). The fourth-order valence-corrected chi connectivity index (χ4v) is 6.74. The average Bonchev–Trinajstić information content (AvgIpc) is 4.02. The minimum Gasteiger partial charge on any atom is -0.393 e. The number of likely N-dealkylation sites (tertiary alicyclic amines) is 1. The number of benzene rings is 1. The van der Waals surface area contributed by atoms with Crippen LogP contribution in [0.25, 0.3) is 11.1 Å². The maximum absolute atomic E-state index is 13.1. The number of nitrogens with one attached hydrogen (secondary N) is 3. The number of anilines is 2. The minimum atomic E-state index is -1.85. The van der Waals surface area contributed by atoms with Crippen LogP contribution in [0, 0.1) is 5.92 Å². The number of fused-ring (bicyclic) bond motifs is 3. The van der Waals surface area contributed by atoms with E-state index in [4.69, 9.17) is 24.4 Å². The summed E-state index contributed by atoms with van der Waals surface area (Å²) in [4.78, 5) is 44.9. The quantitative estimate of drug-likeness (QED) is 0.0707. The number of aldehydes is 1. The van der Waals surface area contributed by atoms with E-state index in [2.05, 4.69) is 32.8 Å². The van der Waals surface area contributed by atoms with Crippen LogP contribution in [-0.2, 0) is 15.2 Å². The number of hydrogen-bond acceptors (Lipinski definition) is 11. The molecule has 3 aromatic rings. The molecule has 3 fully saturated rings. The Labute approximate surface area is 291 Å². The lowest BCUT2D eigenvalue weighted by Crippen LogP contribution is -2.59. The number of pyridine rings is 1. The van der Waals surface area contributed by atoms with Gasteiger partial charge in [-0.1, -0.05) is 25.1 Å². The molecule has 4 heterocycles. The Hall–Kier alpha value is -5.15. The van der Waals surface area contributed by atoms with Crippen LogP contribution in [0.2, 0.25) is 0 Å². The van der Waals surface area contributed by atoms with E-state index < -0.39 is 11.5 Å². The van der Waals surface area contributed by atoms with E-state index >= 15 is 0 Å². The van der Waals surface area contributed by atoms with Crippen molar-refractivity contribution in [1.29, 1.82) is 0 Å². The molecule has 2 amide bonds. The standard InChI is InChI=1S/C35H41BN10O4/c1-3-27-32-24(15-39-46(32)22-16-45(17-22)35(36,50)28-9-4-6-21(18-47)40-28)23-7-5-8-25(31(23)44(27)2)42-26(30(38)34(49)41-20-12-13-20)14-29(37)43-33(48)19-10-11-19/h4-9,14-15,18-20,22,27,42,50H,3,10-13,16-17,37-38H2,1-2H3,(H,41,49)(H,43,48)/b29-14+,30-26+. The first-order valence-electron chi connectivity index (χ1n) is 17.0. The number of hydrogen-bond donors (Lipinski definition) is 6. The summed E-state index contributed by atoms with van der Waals surface area (Å²) in [5.41, 5.74) is 16.0. The Morgan fingerprint density at radius 2 is 1.84 bits per heavy atom. The molecule has 2 saturated carbocycles. The smallest absolute Gasteiger partial charge is 0.269 e. The highest BCUT2D eigenvalue weighted by Crippen LogP contribution is 2.50. The zero-order valence-corrected chi connectivity index (χ0v) is 28.1. The van der Waals surface area contributed by atoms with Crippen LogP contribution in [0.1, 0.15) is 73.0 Å². The van der Waals surface area contributed by atoms with Crippen molar-refractivity contribution in [3.63, 3.8) is 0 Å². The summed E-state index contributed by atoms with van der Waals surface area (Å²) in [7, 11) is 8.36. The normalized spacial score (nSPS) is 20.8. The third kappa shape index (κ3) is 6.22. The van der Waals surface area contributed by atoms with Gasteiger partial charge in [-0.3, -0.25) is 24.0 Å². The molecule has 2 aromatic heterocycles. The fourth-order valence-electron chi connectivity index (χ4n) is 6.74. The summed E-state index contributed by atoms with van der Waals surface area (Å²) in [6, 6.07) is 10.6. The molecule has 15 heteroatoms. The van der Waals surface area contributed by atoms with Crippen LogP contribution in [0.4, 0.5) is 11.4 Å². The summed E-state index contributed by atoms with van der Waals surface area (Å²) < 4.78 is 2.02. The molecule has 50 heavy (non-hydrogen) atoms. The van der Waals surface area contributed by atoms with Crippen molar-refractivity contribution in [2.75, 3.05) is 30.4 Å². The second-order valence-corrected chi connectivity index (χ2v) is 13.5. The summed E-state index contributed by atoms with van der Waals surface area (Å²) in [5.74, 6) is -0.519. The van der Waals surface area contributed by atoms with Crippen molar-refractivity contribution in [1.82, 2.24) is 30.3 Å². The highest BCUT2D eigenvalue weighted by Gasteiger charge is 2.44. The van der Waals surface area contributed by atoms with Crippen LogP contribution >= 0.6 is 0 Å². The summed E-state index contributed by atoms with van der Waals surface area (Å²) in [5, 5.41) is 25.1. The number of nitrogens with two attached hydrogens (primary N) is 2. The third-order valence-electron chi connectivity index (χ3n) is 9.87. The molecule has 2 aliphatic carbocycles. The van der Waals surface area contributed by atoms with Crippen molar-refractivity contribution in [3.05, 3.63) is 83.0 Å². The number of aliphatic hydroxyl groups is 1. The Morgan fingerprint density at radius 3 is 2.52 bits per heavy atom. The SMILES string of the molecule is [B]C(O)(c1cccc(C=O)n1)N1CC(n2ncc3c2C(CC)N(C)c2c(NC(/C=C(\N)NC(=O)C4CC4)=C(/N)C(=O)NC4CC4)cccc2-3)C1. The molecule has 2 unspecified atom stereocenters. The first kappa shape index (κ1) is 33.4. The van der Waals surface area contributed by atoms with Crippen LogP contribution in [0.5, 0.6) is 0 Å². The first-order valence-corrected chi connectivity index (χ1v) is 17.0. The Morgan fingerprint density at radius 1 is 1.10 bits per heavy atom. The number of allylic oxidation sites excluding steroid dienone is 1. The van der Waals surface area contributed by atoms with Gasteiger partial charge in [0.1, 0.15) is 30.7 Å². The first-order chi connectivity index (χ1) is 24.0. The molecular formula is C35H41BN10O4. The number of rotatable bonds is 12. The van der Waals surface area contributed by atoms with Crippen molar-refractivity contribution in [3.8, 4) is 11.1 Å². The average molecular weight is 677 g/mol. The van der Waals surface area contributed by atoms with Gasteiger partial charge in [0, 0.05) is 49.3 Å². The predicted octanol–water partition coefficient (Wildman–Crippen LogP) is 1.67. The lowest BCUT2D eigenvalue weighted by molar-refractivity contribution is -0.121. The van der Waals surface area contributed by atoms with Gasteiger partial charge in [0.25, 0.3) is 5.91 Å². The number of aromatic nitrogens is 3. The minimum absolute atomic E-state index is 0.0420. The zero-order chi connectivity index (χ0) is 35.3. The molecular weight excluding hydrogens is 635 g/mol.